The summed E-state index contributed by atoms with van der Waals surface area (Å²) < 4.78 is 0. The quantitative estimate of drug-likeness (QED) is 0.702. The van der Waals surface area contributed by atoms with Crippen LogP contribution in [-0.2, 0) is 12.1 Å². The molecule has 1 aliphatic carbocycles. The number of aliphatic imine (C=N–C) groups is 2. The average Bonchev–Trinajstić information content (AvgIpc) is 2.68. The molecule has 2 N–H and O–H groups in total. The van der Waals surface area contributed by atoms with Gasteiger partial charge in [0, 0.05) is 11.5 Å². The lowest BCUT2D eigenvalue weighted by Gasteiger charge is -2.36. The molecule has 0 bridgehead atoms. The van der Waals surface area contributed by atoms with Crippen molar-refractivity contribution < 1.29 is 0 Å². The van der Waals surface area contributed by atoms with E-state index in [9.17, 15) is 0 Å². The fraction of sp³-hybridized carbons (Fsp3) is 0.385. The Labute approximate surface area is 95.1 Å². The van der Waals surface area contributed by atoms with Gasteiger partial charge in [0.05, 0.1) is 6.21 Å². The molecule has 1 aromatic rings. The van der Waals surface area contributed by atoms with E-state index in [2.05, 4.69) is 41.2 Å². The first kappa shape index (κ1) is 9.58. The first-order chi connectivity index (χ1) is 7.72. The Morgan fingerprint density at radius 3 is 2.94 bits per heavy atom. The van der Waals surface area contributed by atoms with E-state index >= 15 is 0 Å². The molecule has 0 amide bonds. The first-order valence-electron chi connectivity index (χ1n) is 5.71. The van der Waals surface area contributed by atoms with Gasteiger partial charge in [-0.05, 0) is 18.4 Å². The number of hydrogen-bond donors (Lipinski definition) is 1. The van der Waals surface area contributed by atoms with Crippen molar-refractivity contribution in [1.82, 2.24) is 0 Å². The lowest BCUT2D eigenvalue weighted by molar-refractivity contribution is 0.280. The summed E-state index contributed by atoms with van der Waals surface area (Å²) in [5.41, 5.74) is 7.91. The Morgan fingerprint density at radius 1 is 1.38 bits per heavy atom. The minimum absolute atomic E-state index is 0.416. The van der Waals surface area contributed by atoms with Gasteiger partial charge in [-0.2, -0.15) is 0 Å². The molecule has 1 aliphatic heterocycles. The normalized spacial score (nSPS) is 31.6. The second-order valence-corrected chi connectivity index (χ2v) is 4.62. The van der Waals surface area contributed by atoms with E-state index in [0.717, 1.165) is 12.8 Å². The van der Waals surface area contributed by atoms with Crippen LogP contribution in [0.3, 0.4) is 0 Å². The van der Waals surface area contributed by atoms with Crippen LogP contribution in [0.2, 0.25) is 0 Å². The zero-order chi connectivity index (χ0) is 11.2. The van der Waals surface area contributed by atoms with Gasteiger partial charge in [-0.25, -0.2) is 4.99 Å². The molecule has 0 saturated heterocycles. The second kappa shape index (κ2) is 3.17. The van der Waals surface area contributed by atoms with Gasteiger partial charge < -0.3 is 5.73 Å². The molecular formula is C13H15N3. The highest BCUT2D eigenvalue weighted by Crippen LogP contribution is 2.44. The van der Waals surface area contributed by atoms with E-state index in [1.165, 1.54) is 11.1 Å². The van der Waals surface area contributed by atoms with Crippen LogP contribution in [0.25, 0.3) is 0 Å². The van der Waals surface area contributed by atoms with Crippen molar-refractivity contribution >= 4 is 12.1 Å². The van der Waals surface area contributed by atoms with Crippen molar-refractivity contribution in [1.29, 1.82) is 0 Å². The van der Waals surface area contributed by atoms with Gasteiger partial charge in [0.2, 0.25) is 0 Å². The molecule has 0 radical (unpaired) electrons. The zero-order valence-electron chi connectivity index (χ0n) is 9.35. The van der Waals surface area contributed by atoms with Crippen LogP contribution in [0.1, 0.15) is 24.5 Å². The first-order valence-corrected chi connectivity index (χ1v) is 5.71. The van der Waals surface area contributed by atoms with Crippen LogP contribution >= 0.6 is 0 Å². The van der Waals surface area contributed by atoms with Crippen molar-refractivity contribution in [3.63, 3.8) is 0 Å². The van der Waals surface area contributed by atoms with Gasteiger partial charge in [-0.15, -0.1) is 0 Å². The van der Waals surface area contributed by atoms with Crippen molar-refractivity contribution in [3.05, 3.63) is 35.4 Å². The number of rotatable bonds is 0. The average molecular weight is 213 g/mol. The summed E-state index contributed by atoms with van der Waals surface area (Å²) in [7, 11) is 0. The molecule has 1 heterocycles. The minimum Gasteiger partial charge on any atom is -0.383 e. The largest absolute Gasteiger partial charge is 0.383 e. The maximum Gasteiger partial charge on any atom is 0.180 e. The fourth-order valence-corrected chi connectivity index (χ4v) is 2.72. The number of benzene rings is 1. The monoisotopic (exact) mass is 213 g/mol. The molecule has 82 valence electrons. The van der Waals surface area contributed by atoms with Crippen molar-refractivity contribution in [2.24, 2.45) is 21.6 Å². The molecule has 2 atom stereocenters. The van der Waals surface area contributed by atoms with Gasteiger partial charge in [0.15, 0.2) is 5.66 Å². The van der Waals surface area contributed by atoms with Crippen LogP contribution in [0.15, 0.2) is 34.3 Å². The standard InChI is InChI=1S/C13H15N3/c1-9-6-7-10-4-2-3-5-11(10)13(9)15-8-12(14)16-13/h2-5,8-9H,6-7H2,1H3,(H2,14,16). The third-order valence-corrected chi connectivity index (χ3v) is 3.64. The van der Waals surface area contributed by atoms with E-state index in [1.54, 1.807) is 6.21 Å². The summed E-state index contributed by atoms with van der Waals surface area (Å²) >= 11 is 0. The summed E-state index contributed by atoms with van der Waals surface area (Å²) in [5, 5.41) is 0. The summed E-state index contributed by atoms with van der Waals surface area (Å²) in [4.78, 5) is 9.15. The van der Waals surface area contributed by atoms with E-state index in [4.69, 9.17) is 5.73 Å². The SMILES string of the molecule is CC1CCc2ccccc2C12N=CC(N)=N2. The third kappa shape index (κ3) is 1.14. The van der Waals surface area contributed by atoms with Crippen molar-refractivity contribution in [2.45, 2.75) is 25.4 Å². The van der Waals surface area contributed by atoms with Crippen LogP contribution in [0.5, 0.6) is 0 Å². The predicted molar refractivity (Wildman–Crippen MR) is 65.7 cm³/mol. The summed E-state index contributed by atoms with van der Waals surface area (Å²) in [5.74, 6) is 0.961. The lowest BCUT2D eigenvalue weighted by atomic mass is 9.76. The molecule has 2 unspecified atom stereocenters. The van der Waals surface area contributed by atoms with E-state index < -0.39 is 5.66 Å². The van der Waals surface area contributed by atoms with Gasteiger partial charge in [0.1, 0.15) is 5.84 Å². The molecule has 0 saturated carbocycles. The predicted octanol–water partition coefficient (Wildman–Crippen LogP) is 1.86. The summed E-state index contributed by atoms with van der Waals surface area (Å²) in [6.07, 6.45) is 3.92. The number of nitrogens with zero attached hydrogens (tertiary/aromatic N) is 2. The lowest BCUT2D eigenvalue weighted by Crippen LogP contribution is -2.33. The highest BCUT2D eigenvalue weighted by Gasteiger charge is 2.43. The van der Waals surface area contributed by atoms with Crippen LogP contribution < -0.4 is 5.73 Å². The Kier molecular flexibility index (Phi) is 1.90. The Balaban J connectivity index is 2.22. The smallest absolute Gasteiger partial charge is 0.180 e. The van der Waals surface area contributed by atoms with E-state index in [-0.39, 0.29) is 0 Å². The fourth-order valence-electron chi connectivity index (χ4n) is 2.72. The molecule has 1 aromatic carbocycles. The number of amidine groups is 1. The topological polar surface area (TPSA) is 50.7 Å². The number of hydrogen-bond acceptors (Lipinski definition) is 3. The van der Waals surface area contributed by atoms with E-state index in [1.807, 2.05) is 0 Å². The van der Waals surface area contributed by atoms with Crippen molar-refractivity contribution in [2.75, 3.05) is 0 Å². The maximum atomic E-state index is 5.76. The minimum atomic E-state index is -0.432. The molecule has 16 heavy (non-hydrogen) atoms. The van der Waals surface area contributed by atoms with Gasteiger partial charge >= 0.3 is 0 Å². The van der Waals surface area contributed by atoms with Crippen LogP contribution in [-0.4, -0.2) is 12.1 Å². The molecular weight excluding hydrogens is 198 g/mol. The van der Waals surface area contributed by atoms with Gasteiger partial charge in [-0.1, -0.05) is 31.2 Å². The molecule has 1 spiro atoms. The molecule has 3 rings (SSSR count). The molecule has 2 aliphatic rings. The summed E-state index contributed by atoms with van der Waals surface area (Å²) in [6, 6.07) is 8.43. The highest BCUT2D eigenvalue weighted by atomic mass is 15.2. The Bertz CT molecular complexity index is 490. The van der Waals surface area contributed by atoms with Gasteiger partial charge in [-0.3, -0.25) is 4.99 Å². The maximum absolute atomic E-state index is 5.76. The molecule has 0 fully saturated rings. The van der Waals surface area contributed by atoms with E-state index in [0.29, 0.717) is 11.8 Å². The Morgan fingerprint density at radius 2 is 2.19 bits per heavy atom. The van der Waals surface area contributed by atoms with Crippen LogP contribution in [0, 0.1) is 5.92 Å². The Hall–Kier alpha value is -1.64. The highest BCUT2D eigenvalue weighted by molar-refractivity contribution is 6.30. The number of aryl methyl sites for hydroxylation is 1. The molecule has 3 nitrogen and oxygen atoms in total. The summed E-state index contributed by atoms with van der Waals surface area (Å²) in [6.45, 7) is 2.20. The van der Waals surface area contributed by atoms with Crippen molar-refractivity contribution in [3.8, 4) is 0 Å². The molecule has 0 aromatic heterocycles. The molecule has 3 heteroatoms. The second-order valence-electron chi connectivity index (χ2n) is 4.62. The number of fused-ring (bicyclic) bond motifs is 2. The zero-order valence-corrected chi connectivity index (χ0v) is 9.35. The third-order valence-electron chi connectivity index (χ3n) is 3.64. The van der Waals surface area contributed by atoms with Gasteiger partial charge in [0.25, 0.3) is 0 Å². The number of nitrogens with two attached hydrogens (primary N) is 1. The van der Waals surface area contributed by atoms with Crippen LogP contribution in [0.4, 0.5) is 0 Å².